The third-order valence-electron chi connectivity index (χ3n) is 3.84. The maximum atomic E-state index is 11.3. The van der Waals surface area contributed by atoms with Crippen LogP contribution in [0.3, 0.4) is 0 Å². The predicted molar refractivity (Wildman–Crippen MR) is 113 cm³/mol. The summed E-state index contributed by atoms with van der Waals surface area (Å²) < 4.78 is 52.6. The first-order valence-electron chi connectivity index (χ1n) is 8.61. The van der Waals surface area contributed by atoms with Gasteiger partial charge in [-0.1, -0.05) is 12.2 Å². The molecule has 0 unspecified atom stereocenters. The van der Waals surface area contributed by atoms with Gasteiger partial charge in [0.1, 0.15) is 0 Å². The summed E-state index contributed by atoms with van der Waals surface area (Å²) in [6, 6.07) is 5.67. The molecule has 0 heterocycles. The molecule has 0 amide bonds. The molecule has 15 heteroatoms. The molecule has 0 aliphatic carbocycles. The maximum Gasteiger partial charge on any atom is 1.00 e. The molecule has 12 nitrogen and oxygen atoms in total. The van der Waals surface area contributed by atoms with E-state index in [1.165, 1.54) is 39.5 Å². The molecule has 33 heavy (non-hydrogen) atoms. The number of hydrogen-bond acceptors (Lipinski definition) is 8. The Bertz CT molecular complexity index is 1020. The quantitative estimate of drug-likeness (QED) is 0.188. The summed E-state index contributed by atoms with van der Waals surface area (Å²) in [4.78, 5) is 36.6. The summed E-state index contributed by atoms with van der Waals surface area (Å²) in [5.74, 6) is -0.241. The molecule has 0 aromatic heterocycles. The molecular weight excluding hydrogens is 493 g/mol. The van der Waals surface area contributed by atoms with Gasteiger partial charge in [0.15, 0.2) is 23.0 Å². The van der Waals surface area contributed by atoms with Gasteiger partial charge in [-0.05, 0) is 35.4 Å². The van der Waals surface area contributed by atoms with Gasteiger partial charge in [0, 0.05) is 0 Å². The van der Waals surface area contributed by atoms with Gasteiger partial charge in [0.25, 0.3) is 0 Å². The molecule has 0 fully saturated rings. The van der Waals surface area contributed by atoms with E-state index in [2.05, 4.69) is 9.05 Å². The topological polar surface area (TPSA) is 170 Å². The predicted octanol–water partition coefficient (Wildman–Crippen LogP) is -0.162. The first-order chi connectivity index (χ1) is 14.9. The van der Waals surface area contributed by atoms with Gasteiger partial charge in [-0.25, -0.2) is 9.13 Å². The first-order valence-corrected chi connectivity index (χ1v) is 11.7. The third kappa shape index (κ3) is 8.53. The van der Waals surface area contributed by atoms with Gasteiger partial charge >= 0.3 is 45.2 Å². The summed E-state index contributed by atoms with van der Waals surface area (Å²) in [6.07, 6.45) is 3.05. The van der Waals surface area contributed by atoms with Gasteiger partial charge in [-0.3, -0.25) is 19.6 Å². The van der Waals surface area contributed by atoms with Crippen molar-refractivity contribution in [3.05, 3.63) is 35.4 Å². The second kappa shape index (κ2) is 12.1. The van der Waals surface area contributed by atoms with Crippen LogP contribution >= 0.6 is 15.6 Å². The van der Waals surface area contributed by atoms with Crippen molar-refractivity contribution in [3.8, 4) is 34.5 Å². The van der Waals surface area contributed by atoms with E-state index in [1.807, 2.05) is 0 Å². The van der Waals surface area contributed by atoms with Crippen LogP contribution in [0, 0.1) is 0 Å². The molecule has 0 saturated carbocycles. The van der Waals surface area contributed by atoms with Crippen molar-refractivity contribution in [1.82, 2.24) is 0 Å². The minimum atomic E-state index is -5.03. The zero-order valence-electron chi connectivity index (χ0n) is 18.4. The van der Waals surface area contributed by atoms with Crippen molar-refractivity contribution in [3.63, 3.8) is 0 Å². The average molecular weight is 515 g/mol. The molecule has 0 atom stereocenters. The van der Waals surface area contributed by atoms with Gasteiger partial charge in [0.05, 0.1) is 28.4 Å². The monoisotopic (exact) mass is 515 g/mol. The summed E-state index contributed by atoms with van der Waals surface area (Å²) in [6.45, 7) is 0. The van der Waals surface area contributed by atoms with Crippen LogP contribution in [-0.4, -0.2) is 48.0 Å². The van der Waals surface area contributed by atoms with Crippen LogP contribution < -0.4 is 57.6 Å². The van der Waals surface area contributed by atoms with Crippen molar-refractivity contribution in [2.24, 2.45) is 0 Å². The molecular formula is C18H22NaO12P2+. The first kappa shape index (κ1) is 29.3. The Morgan fingerprint density at radius 3 is 1.18 bits per heavy atom. The number of hydrogen-bond donors (Lipinski definition) is 4. The van der Waals surface area contributed by atoms with Crippen molar-refractivity contribution in [2.75, 3.05) is 28.4 Å². The van der Waals surface area contributed by atoms with Gasteiger partial charge in [-0.15, -0.1) is 0 Å². The fourth-order valence-corrected chi connectivity index (χ4v) is 3.46. The van der Waals surface area contributed by atoms with E-state index < -0.39 is 32.9 Å². The van der Waals surface area contributed by atoms with E-state index in [9.17, 15) is 9.13 Å². The number of phosphoric acid groups is 2. The molecule has 176 valence electrons. The van der Waals surface area contributed by atoms with Crippen LogP contribution in [0.15, 0.2) is 24.3 Å². The van der Waals surface area contributed by atoms with Crippen LogP contribution in [0.25, 0.3) is 12.2 Å². The minimum absolute atomic E-state index is 0. The maximum absolute atomic E-state index is 11.3. The van der Waals surface area contributed by atoms with Crippen LogP contribution in [0.5, 0.6) is 34.5 Å². The molecule has 0 aliphatic rings. The molecule has 2 aromatic carbocycles. The Balaban J connectivity index is 0.00000544. The van der Waals surface area contributed by atoms with E-state index in [-0.39, 0.29) is 35.1 Å². The van der Waals surface area contributed by atoms with Gasteiger partial charge in [0.2, 0.25) is 11.5 Å². The molecule has 0 aliphatic heterocycles. The summed E-state index contributed by atoms with van der Waals surface area (Å²) in [5, 5.41) is 0. The van der Waals surface area contributed by atoms with Crippen molar-refractivity contribution in [2.45, 2.75) is 0 Å². The molecule has 0 spiro atoms. The molecule has 0 bridgehead atoms. The number of phosphoric ester groups is 2. The molecule has 2 rings (SSSR count). The normalized spacial score (nSPS) is 11.5. The Labute approximate surface area is 211 Å². The Morgan fingerprint density at radius 1 is 0.606 bits per heavy atom. The van der Waals surface area contributed by atoms with Gasteiger partial charge in [-0.2, -0.15) is 0 Å². The largest absolute Gasteiger partial charge is 1.00 e. The molecule has 0 radical (unpaired) electrons. The number of ether oxygens (including phenoxy) is 4. The van der Waals surface area contributed by atoms with Crippen molar-refractivity contribution >= 4 is 27.8 Å². The summed E-state index contributed by atoms with van der Waals surface area (Å²) >= 11 is 0. The number of methoxy groups -OCH3 is 4. The van der Waals surface area contributed by atoms with Crippen molar-refractivity contribution < 1.29 is 86.3 Å². The van der Waals surface area contributed by atoms with E-state index in [4.69, 9.17) is 38.5 Å². The second-order valence-corrected chi connectivity index (χ2v) is 8.33. The smallest absolute Gasteiger partial charge is 0.493 e. The van der Waals surface area contributed by atoms with Crippen LogP contribution in [-0.2, 0) is 9.13 Å². The molecule has 2 aromatic rings. The van der Waals surface area contributed by atoms with Crippen LogP contribution in [0.1, 0.15) is 11.1 Å². The second-order valence-electron chi connectivity index (χ2n) is 6.01. The minimum Gasteiger partial charge on any atom is -0.493 e. The Kier molecular flexibility index (Phi) is 10.8. The van der Waals surface area contributed by atoms with Crippen molar-refractivity contribution in [1.29, 1.82) is 0 Å². The molecule has 0 saturated heterocycles. The Morgan fingerprint density at radius 2 is 0.909 bits per heavy atom. The van der Waals surface area contributed by atoms with E-state index in [1.54, 1.807) is 18.2 Å². The summed E-state index contributed by atoms with van der Waals surface area (Å²) in [7, 11) is -4.59. The van der Waals surface area contributed by atoms with E-state index in [0.717, 1.165) is 7.11 Å². The zero-order chi connectivity index (χ0) is 24.1. The SMILES string of the molecule is COc1cc(/C=C\c2cc(OP(=O)(O)O)c(OC)c(OP(=O)(O)O)c2)cc(OC)c1OC.[Na+]. The fraction of sp³-hybridized carbons (Fsp3) is 0.222. The fourth-order valence-electron chi connectivity index (χ4n) is 2.68. The standard InChI is InChI=1S/C18H22O12P2.Na/c1-25-13-7-11(8-14(26-2)17(13)27-3)5-6-12-9-15(29-31(19,20)21)18(28-4)16(10-12)30-32(22,23)24;/h5-10H,1-4H3,(H2,19,20,21)(H2,22,23,24);/q;+1/b6-5-;. The third-order valence-corrected chi connectivity index (χ3v) is 4.71. The zero-order valence-corrected chi connectivity index (χ0v) is 22.2. The number of rotatable bonds is 10. The van der Waals surface area contributed by atoms with Crippen LogP contribution in [0.2, 0.25) is 0 Å². The molecule has 4 N–H and O–H groups in total. The van der Waals surface area contributed by atoms with Crippen LogP contribution in [0.4, 0.5) is 0 Å². The number of benzene rings is 2. The Hall–Kier alpha value is -1.72. The summed E-state index contributed by atoms with van der Waals surface area (Å²) in [5.41, 5.74) is 0.802. The van der Waals surface area contributed by atoms with E-state index >= 15 is 0 Å². The average Bonchev–Trinajstić information content (AvgIpc) is 2.68. The van der Waals surface area contributed by atoms with Gasteiger partial charge < -0.3 is 28.0 Å². The van der Waals surface area contributed by atoms with E-state index in [0.29, 0.717) is 22.8 Å².